The topological polar surface area (TPSA) is 121 Å². The van der Waals surface area contributed by atoms with Gasteiger partial charge in [0, 0.05) is 0 Å². The summed E-state index contributed by atoms with van der Waals surface area (Å²) in [6.45, 7) is 35.6. The van der Waals surface area contributed by atoms with E-state index in [-0.39, 0.29) is 71.8 Å². The molecule has 0 unspecified atom stereocenters. The van der Waals surface area contributed by atoms with E-state index in [1.54, 1.807) is 0 Å². The van der Waals surface area contributed by atoms with E-state index in [0.29, 0.717) is 23.3 Å². The molecule has 0 atom stereocenters. The van der Waals surface area contributed by atoms with Crippen LogP contribution in [0.25, 0.3) is 21.5 Å². The summed E-state index contributed by atoms with van der Waals surface area (Å²) in [5, 5.41) is 3.59. The van der Waals surface area contributed by atoms with Gasteiger partial charge in [0.25, 0.3) is 0 Å². The molecule has 13 heteroatoms. The number of benzene rings is 4. The first-order valence-corrected chi connectivity index (χ1v) is 30.1. The number of aliphatic imine (C=N–C) groups is 4. The number of nitrogens with zero attached hydrogens (tertiary/aromatic N) is 8. The Hall–Kier alpha value is -5.64. The molecule has 6 aromatic rings. The molecule has 10 rings (SSSR count). The van der Waals surface area contributed by atoms with E-state index < -0.39 is 24.8 Å². The first-order valence-electron chi connectivity index (χ1n) is 26.7. The molecule has 0 amide bonds. The van der Waals surface area contributed by atoms with Gasteiger partial charge in [-0.2, -0.15) is 0 Å². The quantitative estimate of drug-likeness (QED) is 0.0896. The predicted molar refractivity (Wildman–Crippen MR) is 297 cm³/mol. The third-order valence-corrected chi connectivity index (χ3v) is 19.4. The molecule has 380 valence electrons. The van der Waals surface area contributed by atoms with Crippen LogP contribution in [0.2, 0.25) is 0 Å². The second-order valence-electron chi connectivity index (χ2n) is 23.0. The summed E-state index contributed by atoms with van der Waals surface area (Å²) in [6.07, 6.45) is -0.219. The van der Waals surface area contributed by atoms with Crippen LogP contribution in [0.4, 0.5) is 11.6 Å². The first-order chi connectivity index (χ1) is 34.8. The number of ether oxygens (including phenoxy) is 4. The third kappa shape index (κ3) is 9.04. The average molecular weight is 1180 g/mol. The number of rotatable bonds is 16. The molecular weight excluding hydrogens is 1100 g/mol. The number of amidine groups is 4. The minimum absolute atomic E-state index is 0.0462. The molecule has 6 bridgehead atoms. The Bertz CT molecular complexity index is 3370. The molecule has 6 heterocycles. The van der Waals surface area contributed by atoms with Crippen molar-refractivity contribution >= 4 is 81.4 Å². The monoisotopic (exact) mass is 1180 g/mol. The number of hydrogen-bond acceptors (Lipinski definition) is 10. The van der Waals surface area contributed by atoms with E-state index in [4.69, 9.17) is 48.9 Å². The zero-order chi connectivity index (χ0) is 51.9. The first kappa shape index (κ1) is 50.9. The summed E-state index contributed by atoms with van der Waals surface area (Å²) >= 11 is -2.57. The summed E-state index contributed by atoms with van der Waals surface area (Å²) in [7, 11) is 0. The molecule has 4 aromatic carbocycles. The van der Waals surface area contributed by atoms with Crippen molar-refractivity contribution < 1.29 is 18.9 Å². The Morgan fingerprint density at radius 2 is 0.712 bits per heavy atom. The van der Waals surface area contributed by atoms with Crippen molar-refractivity contribution in [2.45, 2.75) is 135 Å². The molecule has 4 aliphatic heterocycles. The van der Waals surface area contributed by atoms with E-state index in [9.17, 15) is 0 Å². The van der Waals surface area contributed by atoms with Gasteiger partial charge < -0.3 is 0 Å². The van der Waals surface area contributed by atoms with E-state index in [2.05, 4.69) is 176 Å². The van der Waals surface area contributed by atoms with Crippen molar-refractivity contribution in [1.82, 2.24) is 4.75 Å². The summed E-state index contributed by atoms with van der Waals surface area (Å²) in [5.74, 6) is 8.75. The normalized spacial score (nSPS) is 14.9. The molecule has 12 nitrogen and oxygen atoms in total. The van der Waals surface area contributed by atoms with Gasteiger partial charge in [-0.25, -0.2) is 0 Å². The van der Waals surface area contributed by atoms with Crippen LogP contribution in [-0.4, -0.2) is 77.3 Å². The van der Waals surface area contributed by atoms with Gasteiger partial charge in [0.15, 0.2) is 0 Å². The number of fused-ring (bicyclic) bond motifs is 14. The Morgan fingerprint density at radius 1 is 0.342 bits per heavy atom. The summed E-state index contributed by atoms with van der Waals surface area (Å²) < 4.78 is 33.3. The average Bonchev–Trinajstić information content (AvgIpc) is 4.04. The van der Waals surface area contributed by atoms with Crippen LogP contribution < -0.4 is 29.9 Å². The molecule has 0 fully saturated rings. The zero-order valence-corrected chi connectivity index (χ0v) is 49.5. The van der Waals surface area contributed by atoms with Gasteiger partial charge >= 0.3 is 447 Å². The van der Waals surface area contributed by atoms with Gasteiger partial charge in [-0.15, -0.1) is 0 Å². The summed E-state index contributed by atoms with van der Waals surface area (Å²) in [6, 6.07) is 25.0. The van der Waals surface area contributed by atoms with Gasteiger partial charge in [0.2, 0.25) is 0 Å². The second-order valence-corrected chi connectivity index (χ2v) is 27.3. The van der Waals surface area contributed by atoms with E-state index in [1.165, 1.54) is 0 Å². The molecular formula is C60H72N8O4Pb. The SMILES string of the molecule is CC(C)C(Oc1cccc2c1C1=NC2=Nc2c3c(OC(C(C)C)C(C)C)cccc3c3[n]2[Pb][n]2c(c4cccc(OC(C(C)C)C(C)C)c4c2=NC2=NC(=N3)c3c(OC(C(C)C)C(C)C)cccc32)=N1)C(C)C. The number of hydrogen-bond donors (Lipinski definition) is 0. The molecule has 73 heavy (non-hydrogen) atoms. The van der Waals surface area contributed by atoms with E-state index in [0.717, 1.165) is 89.4 Å². The van der Waals surface area contributed by atoms with Crippen LogP contribution in [0.15, 0.2) is 103 Å². The molecule has 0 spiro atoms. The molecule has 0 aliphatic carbocycles. The Kier molecular flexibility index (Phi) is 13.9. The van der Waals surface area contributed by atoms with E-state index in [1.807, 2.05) is 12.1 Å². The van der Waals surface area contributed by atoms with Gasteiger partial charge in [-0.05, 0) is 0 Å². The fourth-order valence-corrected chi connectivity index (χ4v) is 16.3. The molecule has 2 aromatic heterocycles. The van der Waals surface area contributed by atoms with E-state index >= 15 is 0 Å². The van der Waals surface area contributed by atoms with Gasteiger partial charge in [0.1, 0.15) is 0 Å². The molecule has 0 N–H and O–H groups in total. The second kappa shape index (κ2) is 19.9. The zero-order valence-electron chi connectivity index (χ0n) is 45.6. The molecule has 2 radical (unpaired) electrons. The minimum atomic E-state index is -2.57. The molecule has 0 saturated heterocycles. The maximum atomic E-state index is 7.22. The van der Waals surface area contributed by atoms with Crippen molar-refractivity contribution in [3.8, 4) is 23.0 Å². The Balaban J connectivity index is 1.38. The van der Waals surface area contributed by atoms with Crippen molar-refractivity contribution in [1.29, 1.82) is 0 Å². The molecule has 4 aliphatic rings. The Labute approximate surface area is 443 Å². The standard InChI is InChI=1S/C60H72N8O4.Pb/c1-29(2)49(30(3)4)69-41-25-17-21-37-45(41)57-61-53(37)66-58-47-39(23-19-27-43(47)71-51(33(9)10)34(11)12)55(63-58)68-60-48-40(24-20-28-44(48)72-52(35(13)14)36(15)16)56(64-60)67-59-46-38(54(62-59)65-57)22-18-26-42(46)70-50(31(5)6)32(7)8;/h17-36,49-52H,1-16H3;/q-2;+2. The van der Waals surface area contributed by atoms with Crippen LogP contribution in [0.3, 0.4) is 0 Å². The fraction of sp³-hybridized carbons (Fsp3) is 0.467. The molecule has 0 saturated carbocycles. The maximum absolute atomic E-state index is 7.22. The fourth-order valence-electron chi connectivity index (χ4n) is 11.5. The van der Waals surface area contributed by atoms with Crippen LogP contribution in [0.5, 0.6) is 23.0 Å². The van der Waals surface area contributed by atoms with Crippen LogP contribution >= 0.6 is 0 Å². The predicted octanol–water partition coefficient (Wildman–Crippen LogP) is 12.7. The number of aromatic nitrogens is 2. The van der Waals surface area contributed by atoms with Crippen molar-refractivity contribution in [3.63, 3.8) is 0 Å². The van der Waals surface area contributed by atoms with Gasteiger partial charge in [-0.1, -0.05) is 0 Å². The Morgan fingerprint density at radius 3 is 1.21 bits per heavy atom. The van der Waals surface area contributed by atoms with Gasteiger partial charge in [0.05, 0.1) is 0 Å². The van der Waals surface area contributed by atoms with Crippen LogP contribution in [0.1, 0.15) is 133 Å². The summed E-state index contributed by atoms with van der Waals surface area (Å²) in [4.78, 5) is 33.7. The van der Waals surface area contributed by atoms with Crippen molar-refractivity contribution in [2.75, 3.05) is 0 Å². The van der Waals surface area contributed by atoms with Crippen LogP contribution in [0, 0.1) is 47.3 Å². The van der Waals surface area contributed by atoms with Crippen molar-refractivity contribution in [2.24, 2.45) is 77.3 Å². The van der Waals surface area contributed by atoms with Gasteiger partial charge in [-0.3, -0.25) is 0 Å². The van der Waals surface area contributed by atoms with Crippen molar-refractivity contribution in [3.05, 3.63) is 106 Å². The van der Waals surface area contributed by atoms with Crippen LogP contribution in [-0.2, 0) is 0 Å². The third-order valence-electron chi connectivity index (χ3n) is 14.6. The summed E-state index contributed by atoms with van der Waals surface area (Å²) in [5.41, 5.74) is 4.85.